The third-order valence-electron chi connectivity index (χ3n) is 3.36. The van der Waals surface area contributed by atoms with Crippen molar-refractivity contribution in [1.82, 2.24) is 4.90 Å². The number of nitrogens with zero attached hydrogens (tertiary/aromatic N) is 1. The zero-order chi connectivity index (χ0) is 16.2. The Hall–Kier alpha value is -1.89. The van der Waals surface area contributed by atoms with Crippen molar-refractivity contribution in [2.45, 2.75) is 24.6 Å². The number of sulfone groups is 1. The lowest BCUT2D eigenvalue weighted by atomic mass is 10.0. The summed E-state index contributed by atoms with van der Waals surface area (Å²) < 4.78 is 22.9. The van der Waals surface area contributed by atoms with Crippen LogP contribution in [0.25, 0.3) is 0 Å². The minimum atomic E-state index is -3.56. The van der Waals surface area contributed by atoms with Crippen LogP contribution in [0, 0.1) is 0 Å². The van der Waals surface area contributed by atoms with E-state index in [0.29, 0.717) is 0 Å². The SMILES string of the molecule is CC(C(=O)N(C)C(Cc1ccccc1)C(=O)O)S(C)(=O)=O. The maximum Gasteiger partial charge on any atom is 0.326 e. The summed E-state index contributed by atoms with van der Waals surface area (Å²) in [5.74, 6) is -1.89. The molecule has 0 heterocycles. The van der Waals surface area contributed by atoms with Gasteiger partial charge in [0.05, 0.1) is 0 Å². The molecule has 6 nitrogen and oxygen atoms in total. The van der Waals surface area contributed by atoms with E-state index in [0.717, 1.165) is 16.7 Å². The van der Waals surface area contributed by atoms with Crippen LogP contribution in [-0.2, 0) is 25.8 Å². The Balaban J connectivity index is 2.96. The Kier molecular flexibility index (Phi) is 5.48. The fraction of sp³-hybridized carbons (Fsp3) is 0.429. The number of carbonyl (C=O) groups excluding carboxylic acids is 1. The van der Waals surface area contributed by atoms with Crippen LogP contribution in [0.1, 0.15) is 12.5 Å². The second-order valence-corrected chi connectivity index (χ2v) is 7.33. The van der Waals surface area contributed by atoms with Crippen LogP contribution in [0.3, 0.4) is 0 Å². The molecule has 1 aromatic carbocycles. The molecule has 116 valence electrons. The highest BCUT2D eigenvalue weighted by Crippen LogP contribution is 2.12. The number of likely N-dealkylation sites (N-methyl/N-ethyl adjacent to an activating group) is 1. The summed E-state index contributed by atoms with van der Waals surface area (Å²) in [6.45, 7) is 1.26. The van der Waals surface area contributed by atoms with E-state index in [9.17, 15) is 23.1 Å². The second kappa shape index (κ2) is 6.71. The minimum Gasteiger partial charge on any atom is -0.480 e. The number of carbonyl (C=O) groups is 2. The summed E-state index contributed by atoms with van der Waals surface area (Å²) in [5.41, 5.74) is 0.761. The number of benzene rings is 1. The number of carboxylic acids is 1. The highest BCUT2D eigenvalue weighted by atomic mass is 32.2. The van der Waals surface area contributed by atoms with Crippen LogP contribution in [0.15, 0.2) is 30.3 Å². The molecule has 0 saturated heterocycles. The summed E-state index contributed by atoms with van der Waals surface area (Å²) in [4.78, 5) is 24.5. The molecule has 1 amide bonds. The summed E-state index contributed by atoms with van der Waals surface area (Å²) in [5, 5.41) is 8.03. The van der Waals surface area contributed by atoms with Crippen LogP contribution in [-0.4, -0.2) is 54.9 Å². The van der Waals surface area contributed by atoms with Gasteiger partial charge in [-0.3, -0.25) is 4.79 Å². The summed E-state index contributed by atoms with van der Waals surface area (Å²) in [7, 11) is -2.25. The van der Waals surface area contributed by atoms with E-state index in [1.54, 1.807) is 30.3 Å². The number of carboxylic acid groups (broad SMARTS) is 1. The molecule has 0 aliphatic carbocycles. The third kappa shape index (κ3) is 4.56. The van der Waals surface area contributed by atoms with Gasteiger partial charge in [-0.25, -0.2) is 13.2 Å². The van der Waals surface area contributed by atoms with Crippen molar-refractivity contribution in [2.75, 3.05) is 13.3 Å². The highest BCUT2D eigenvalue weighted by Gasteiger charge is 2.33. The average Bonchev–Trinajstić information content (AvgIpc) is 2.42. The van der Waals surface area contributed by atoms with Gasteiger partial charge in [-0.05, 0) is 12.5 Å². The van der Waals surface area contributed by atoms with E-state index in [4.69, 9.17) is 0 Å². The standard InChI is InChI=1S/C14H19NO5S/c1-10(21(3,19)20)13(16)15(2)12(14(17)18)9-11-7-5-4-6-8-11/h4-8,10,12H,9H2,1-3H3,(H,17,18). The molecule has 0 radical (unpaired) electrons. The van der Waals surface area contributed by atoms with Crippen molar-refractivity contribution < 1.29 is 23.1 Å². The van der Waals surface area contributed by atoms with Gasteiger partial charge in [0.15, 0.2) is 9.84 Å². The normalized spacial score (nSPS) is 14.2. The summed E-state index contributed by atoms with van der Waals surface area (Å²) >= 11 is 0. The minimum absolute atomic E-state index is 0.120. The topological polar surface area (TPSA) is 91.8 Å². The Morgan fingerprint density at radius 2 is 1.76 bits per heavy atom. The highest BCUT2D eigenvalue weighted by molar-refractivity contribution is 7.92. The Bertz CT molecular complexity index is 612. The Labute approximate surface area is 124 Å². The third-order valence-corrected chi connectivity index (χ3v) is 4.85. The number of hydrogen-bond donors (Lipinski definition) is 1. The van der Waals surface area contributed by atoms with Gasteiger partial charge in [0.2, 0.25) is 5.91 Å². The van der Waals surface area contributed by atoms with Gasteiger partial charge in [-0.2, -0.15) is 0 Å². The molecule has 0 fully saturated rings. The molecule has 7 heteroatoms. The molecule has 1 N–H and O–H groups in total. The first-order valence-corrected chi connectivity index (χ1v) is 8.32. The lowest BCUT2D eigenvalue weighted by Gasteiger charge is -2.27. The molecule has 2 unspecified atom stereocenters. The monoisotopic (exact) mass is 313 g/mol. The van der Waals surface area contributed by atoms with Gasteiger partial charge >= 0.3 is 5.97 Å². The molecule has 2 atom stereocenters. The van der Waals surface area contributed by atoms with Crippen molar-refractivity contribution >= 4 is 21.7 Å². The van der Waals surface area contributed by atoms with E-state index >= 15 is 0 Å². The fourth-order valence-electron chi connectivity index (χ4n) is 1.85. The van der Waals surface area contributed by atoms with Gasteiger partial charge in [0, 0.05) is 19.7 Å². The Morgan fingerprint density at radius 1 is 1.24 bits per heavy atom. The van der Waals surface area contributed by atoms with Crippen LogP contribution >= 0.6 is 0 Å². The van der Waals surface area contributed by atoms with Crippen molar-refractivity contribution in [3.8, 4) is 0 Å². The molecular formula is C14H19NO5S. The van der Waals surface area contributed by atoms with E-state index in [-0.39, 0.29) is 6.42 Å². The van der Waals surface area contributed by atoms with Gasteiger partial charge in [0.1, 0.15) is 11.3 Å². The molecule has 1 aromatic rings. The zero-order valence-corrected chi connectivity index (χ0v) is 13.0. The molecule has 0 aliphatic rings. The molecule has 0 aliphatic heterocycles. The molecule has 21 heavy (non-hydrogen) atoms. The van der Waals surface area contributed by atoms with Gasteiger partial charge < -0.3 is 10.0 Å². The number of hydrogen-bond acceptors (Lipinski definition) is 4. The van der Waals surface area contributed by atoms with Crippen molar-refractivity contribution in [3.05, 3.63) is 35.9 Å². The fourth-order valence-corrected chi connectivity index (χ4v) is 2.38. The number of rotatable bonds is 6. The summed E-state index contributed by atoms with van der Waals surface area (Å²) in [6.07, 6.45) is 1.07. The van der Waals surface area contributed by atoms with Crippen molar-refractivity contribution in [3.63, 3.8) is 0 Å². The van der Waals surface area contributed by atoms with Crippen LogP contribution in [0.4, 0.5) is 0 Å². The van der Waals surface area contributed by atoms with E-state index in [1.165, 1.54) is 14.0 Å². The molecule has 0 aromatic heterocycles. The summed E-state index contributed by atoms with van der Waals surface area (Å²) in [6, 6.07) is 7.76. The lowest BCUT2D eigenvalue weighted by molar-refractivity contribution is -0.148. The first-order valence-electron chi connectivity index (χ1n) is 6.37. The zero-order valence-electron chi connectivity index (χ0n) is 12.2. The van der Waals surface area contributed by atoms with Crippen LogP contribution in [0.2, 0.25) is 0 Å². The van der Waals surface area contributed by atoms with Crippen LogP contribution in [0.5, 0.6) is 0 Å². The average molecular weight is 313 g/mol. The second-order valence-electron chi connectivity index (χ2n) is 4.96. The van der Waals surface area contributed by atoms with E-state index in [2.05, 4.69) is 0 Å². The van der Waals surface area contributed by atoms with Gasteiger partial charge in [-0.15, -0.1) is 0 Å². The quantitative estimate of drug-likeness (QED) is 0.829. The van der Waals surface area contributed by atoms with Gasteiger partial charge in [0.25, 0.3) is 0 Å². The van der Waals surface area contributed by atoms with E-state index in [1.807, 2.05) is 0 Å². The van der Waals surface area contributed by atoms with Crippen molar-refractivity contribution in [1.29, 1.82) is 0 Å². The molecule has 0 bridgehead atoms. The molecule has 0 spiro atoms. The maximum absolute atomic E-state index is 12.1. The Morgan fingerprint density at radius 3 is 2.19 bits per heavy atom. The number of aliphatic carboxylic acids is 1. The number of amides is 1. The smallest absolute Gasteiger partial charge is 0.326 e. The predicted octanol–water partition coefficient (Wildman–Crippen LogP) is 0.574. The van der Waals surface area contributed by atoms with Crippen LogP contribution < -0.4 is 0 Å². The first kappa shape index (κ1) is 17.2. The maximum atomic E-state index is 12.1. The predicted molar refractivity (Wildman–Crippen MR) is 78.6 cm³/mol. The van der Waals surface area contributed by atoms with Crippen molar-refractivity contribution in [2.24, 2.45) is 0 Å². The first-order chi connectivity index (χ1) is 9.64. The largest absolute Gasteiger partial charge is 0.480 e. The molecular weight excluding hydrogens is 294 g/mol. The van der Waals surface area contributed by atoms with Gasteiger partial charge in [-0.1, -0.05) is 30.3 Å². The van der Waals surface area contributed by atoms with E-state index < -0.39 is 33.0 Å². The lowest BCUT2D eigenvalue weighted by Crippen LogP contribution is -2.48. The molecule has 1 rings (SSSR count). The molecule has 0 saturated carbocycles.